The number of carbonyl (C=O) groups excluding carboxylic acids is 4. The highest BCUT2D eigenvalue weighted by molar-refractivity contribution is 6.12. The average molecular weight is 538 g/mol. The third-order valence-electron chi connectivity index (χ3n) is 6.19. The highest BCUT2D eigenvalue weighted by atomic mass is 16.6. The van der Waals surface area contributed by atoms with Crippen LogP contribution in [0.4, 0.5) is 4.79 Å². The second kappa shape index (κ2) is 14.1. The molecular formula is C29H35N3O7. The van der Waals surface area contributed by atoms with Gasteiger partial charge in [0.15, 0.2) is 5.78 Å². The lowest BCUT2D eigenvalue weighted by molar-refractivity contribution is -0.151. The van der Waals surface area contributed by atoms with Gasteiger partial charge < -0.3 is 14.2 Å². The number of hydrogen-bond acceptors (Lipinski definition) is 8. The first-order valence-corrected chi connectivity index (χ1v) is 12.9. The van der Waals surface area contributed by atoms with Crippen molar-refractivity contribution in [2.75, 3.05) is 13.7 Å². The van der Waals surface area contributed by atoms with Crippen LogP contribution in [0.25, 0.3) is 0 Å². The number of rotatable bonds is 11. The van der Waals surface area contributed by atoms with Crippen molar-refractivity contribution in [3.8, 4) is 0 Å². The summed E-state index contributed by atoms with van der Waals surface area (Å²) in [5, 5.41) is 0.803. The molecule has 0 aliphatic carbocycles. The van der Waals surface area contributed by atoms with E-state index >= 15 is 0 Å². The summed E-state index contributed by atoms with van der Waals surface area (Å²) in [5.74, 6) is -1.71. The molecule has 1 N–H and O–H groups in total. The molecule has 208 valence electrons. The Labute approximate surface area is 228 Å². The zero-order valence-corrected chi connectivity index (χ0v) is 22.6. The molecule has 0 saturated carbocycles. The Bertz CT molecular complexity index is 1170. The standard InChI is InChI=1S/C29H35N3O7/c1-21(2)17-18-25(34)32(31-28(36)38-19-23-13-8-5-9-14-23)27-30-29(20-39-27,26(35)37-3)24(33)16-10-15-22-11-6-4-7-12-22/h4-9,11-14,21H,10,15-20H2,1-3H3,(H,31,36). The molecule has 1 unspecified atom stereocenters. The van der Waals surface area contributed by atoms with Crippen molar-refractivity contribution in [1.82, 2.24) is 10.4 Å². The molecule has 10 nitrogen and oxygen atoms in total. The second-order valence-electron chi connectivity index (χ2n) is 9.63. The van der Waals surface area contributed by atoms with Gasteiger partial charge in [-0.05, 0) is 36.3 Å². The Morgan fingerprint density at radius 2 is 1.64 bits per heavy atom. The summed E-state index contributed by atoms with van der Waals surface area (Å²) < 4.78 is 15.7. The predicted octanol–water partition coefficient (Wildman–Crippen LogP) is 3.98. The minimum absolute atomic E-state index is 0.0277. The van der Waals surface area contributed by atoms with E-state index in [1.165, 1.54) is 0 Å². The van der Waals surface area contributed by atoms with Crippen LogP contribution in [-0.2, 0) is 41.6 Å². The van der Waals surface area contributed by atoms with Crippen molar-refractivity contribution in [3.05, 3.63) is 71.8 Å². The van der Waals surface area contributed by atoms with Crippen LogP contribution in [0.5, 0.6) is 0 Å². The van der Waals surface area contributed by atoms with E-state index < -0.39 is 35.9 Å². The van der Waals surface area contributed by atoms with E-state index in [0.717, 1.165) is 23.2 Å². The van der Waals surface area contributed by atoms with Gasteiger partial charge in [0.2, 0.25) is 5.91 Å². The topological polar surface area (TPSA) is 124 Å². The molecule has 3 rings (SSSR count). The molecule has 1 heterocycles. The van der Waals surface area contributed by atoms with Crippen LogP contribution in [0, 0.1) is 5.92 Å². The van der Waals surface area contributed by atoms with Gasteiger partial charge in [0.1, 0.15) is 13.2 Å². The molecule has 0 spiro atoms. The average Bonchev–Trinajstić information content (AvgIpc) is 3.40. The van der Waals surface area contributed by atoms with Gasteiger partial charge in [-0.25, -0.2) is 20.0 Å². The molecule has 2 amide bonds. The summed E-state index contributed by atoms with van der Waals surface area (Å²) in [7, 11) is 1.15. The lowest BCUT2D eigenvalue weighted by Gasteiger charge is -2.21. The van der Waals surface area contributed by atoms with Gasteiger partial charge in [-0.3, -0.25) is 9.59 Å². The molecule has 0 radical (unpaired) electrons. The summed E-state index contributed by atoms with van der Waals surface area (Å²) in [5.41, 5.74) is 2.19. The monoisotopic (exact) mass is 537 g/mol. The van der Waals surface area contributed by atoms with Crippen molar-refractivity contribution in [2.24, 2.45) is 10.9 Å². The molecule has 2 aromatic rings. The SMILES string of the molecule is COC(=O)C1(C(=O)CCCc2ccccc2)COC(N(NC(=O)OCc2ccccc2)C(=O)CCC(C)C)=N1. The van der Waals surface area contributed by atoms with E-state index in [4.69, 9.17) is 14.2 Å². The number of Topliss-reactive ketones (excluding diaryl/α,β-unsaturated/α-hetero) is 1. The number of hydrogen-bond donors (Lipinski definition) is 1. The quantitative estimate of drug-likeness (QED) is 0.261. The molecule has 0 aromatic heterocycles. The van der Waals surface area contributed by atoms with Gasteiger partial charge in [0.25, 0.3) is 5.54 Å². The summed E-state index contributed by atoms with van der Waals surface area (Å²) >= 11 is 0. The maximum absolute atomic E-state index is 13.3. The first-order valence-electron chi connectivity index (χ1n) is 12.9. The number of nitrogens with one attached hydrogen (secondary N) is 1. The van der Waals surface area contributed by atoms with Gasteiger partial charge in [-0.15, -0.1) is 0 Å². The van der Waals surface area contributed by atoms with Gasteiger partial charge in [-0.1, -0.05) is 74.5 Å². The van der Waals surface area contributed by atoms with Crippen LogP contribution in [0.3, 0.4) is 0 Å². The Kier molecular flexibility index (Phi) is 10.6. The van der Waals surface area contributed by atoms with Crippen LogP contribution < -0.4 is 5.43 Å². The zero-order valence-electron chi connectivity index (χ0n) is 22.6. The summed E-state index contributed by atoms with van der Waals surface area (Å²) in [4.78, 5) is 56.0. The Balaban J connectivity index is 1.77. The Morgan fingerprint density at radius 3 is 2.26 bits per heavy atom. The maximum Gasteiger partial charge on any atom is 0.427 e. The number of aryl methyl sites for hydroxylation is 1. The number of ether oxygens (including phenoxy) is 3. The molecule has 1 aliphatic rings. The van der Waals surface area contributed by atoms with E-state index in [9.17, 15) is 19.2 Å². The minimum Gasteiger partial charge on any atom is -0.467 e. The molecule has 0 saturated heterocycles. The molecule has 1 aliphatic heterocycles. The first kappa shape index (κ1) is 29.3. The van der Waals surface area contributed by atoms with Gasteiger partial charge in [0.05, 0.1) is 7.11 Å². The number of carbonyl (C=O) groups is 4. The summed E-state index contributed by atoms with van der Waals surface area (Å²) in [6.45, 7) is 3.44. The first-order chi connectivity index (χ1) is 18.7. The highest BCUT2D eigenvalue weighted by Gasteiger charge is 2.53. The third kappa shape index (κ3) is 8.13. The maximum atomic E-state index is 13.3. The number of nitrogens with zero attached hydrogens (tertiary/aromatic N) is 2. The van der Waals surface area contributed by atoms with Crippen LogP contribution in [0.2, 0.25) is 0 Å². The lowest BCUT2D eigenvalue weighted by atomic mass is 9.92. The Morgan fingerprint density at radius 1 is 1.00 bits per heavy atom. The van der Waals surface area contributed by atoms with Crippen molar-refractivity contribution in [3.63, 3.8) is 0 Å². The van der Waals surface area contributed by atoms with E-state index in [1.54, 1.807) is 12.1 Å². The Hall–Kier alpha value is -4.21. The van der Waals surface area contributed by atoms with Crippen LogP contribution in [0.1, 0.15) is 50.7 Å². The van der Waals surface area contributed by atoms with Crippen molar-refractivity contribution in [1.29, 1.82) is 0 Å². The second-order valence-corrected chi connectivity index (χ2v) is 9.63. The number of esters is 1. The van der Waals surface area contributed by atoms with Crippen molar-refractivity contribution >= 4 is 29.8 Å². The van der Waals surface area contributed by atoms with Crippen molar-refractivity contribution in [2.45, 2.75) is 58.1 Å². The third-order valence-corrected chi connectivity index (χ3v) is 6.19. The smallest absolute Gasteiger partial charge is 0.427 e. The number of aliphatic imine (C=N–C) groups is 1. The van der Waals surface area contributed by atoms with Crippen LogP contribution in [-0.4, -0.2) is 54.0 Å². The largest absolute Gasteiger partial charge is 0.467 e. The van der Waals surface area contributed by atoms with Gasteiger partial charge in [-0.2, -0.15) is 5.01 Å². The summed E-state index contributed by atoms with van der Waals surface area (Å²) in [6.07, 6.45) is 0.827. The molecule has 1 atom stereocenters. The number of amides is 2. The normalized spacial score (nSPS) is 16.2. The van der Waals surface area contributed by atoms with E-state index in [1.807, 2.05) is 62.4 Å². The molecule has 2 aromatic carbocycles. The predicted molar refractivity (Wildman–Crippen MR) is 143 cm³/mol. The fourth-order valence-electron chi connectivity index (χ4n) is 3.93. The molecule has 0 bridgehead atoms. The van der Waals surface area contributed by atoms with Gasteiger partial charge >= 0.3 is 18.1 Å². The lowest BCUT2D eigenvalue weighted by Crippen LogP contribution is -2.50. The van der Waals surface area contributed by atoms with E-state index in [2.05, 4.69) is 10.4 Å². The zero-order chi connectivity index (χ0) is 28.3. The number of benzene rings is 2. The molecule has 39 heavy (non-hydrogen) atoms. The number of ketones is 1. The fraction of sp³-hybridized carbons (Fsp3) is 0.414. The fourth-order valence-corrected chi connectivity index (χ4v) is 3.93. The van der Waals surface area contributed by atoms with E-state index in [-0.39, 0.29) is 31.4 Å². The van der Waals surface area contributed by atoms with Gasteiger partial charge in [0, 0.05) is 12.8 Å². The molecular weight excluding hydrogens is 502 g/mol. The summed E-state index contributed by atoms with van der Waals surface area (Å²) in [6, 6.07) is 18.3. The molecule has 10 heteroatoms. The number of methoxy groups -OCH3 is 1. The number of amidine groups is 1. The van der Waals surface area contributed by atoms with Crippen molar-refractivity contribution < 1.29 is 33.4 Å². The van der Waals surface area contributed by atoms with E-state index in [0.29, 0.717) is 19.3 Å². The molecule has 0 fully saturated rings. The van der Waals surface area contributed by atoms with Crippen LogP contribution in [0.15, 0.2) is 65.7 Å². The highest BCUT2D eigenvalue weighted by Crippen LogP contribution is 2.26. The minimum atomic E-state index is -1.98. The van der Waals surface area contributed by atoms with Crippen LogP contribution >= 0.6 is 0 Å². The number of hydrazine groups is 1.